The average molecular weight is 433 g/mol. The summed E-state index contributed by atoms with van der Waals surface area (Å²) in [6.07, 6.45) is 6.76. The van der Waals surface area contributed by atoms with Crippen LogP contribution in [-0.2, 0) is 9.54 Å². The van der Waals surface area contributed by atoms with E-state index in [0.29, 0.717) is 6.42 Å². The molecule has 0 aliphatic carbocycles. The van der Waals surface area contributed by atoms with Gasteiger partial charge in [-0.05, 0) is 35.3 Å². The first-order valence-electron chi connectivity index (χ1n) is 11.3. The molecule has 3 aromatic carbocycles. The SMILES string of the molecule is O=C(O)CCCCCCCCSC(c1ccccc1)(c1ccccc1)c1ccccc1. The molecule has 0 bridgehead atoms. The van der Waals surface area contributed by atoms with Gasteiger partial charge in [-0.3, -0.25) is 4.79 Å². The van der Waals surface area contributed by atoms with E-state index in [1.165, 1.54) is 29.5 Å². The van der Waals surface area contributed by atoms with Crippen molar-refractivity contribution in [2.45, 2.75) is 49.7 Å². The Morgan fingerprint density at radius 3 is 1.42 bits per heavy atom. The number of thioether (sulfide) groups is 1. The predicted molar refractivity (Wildman–Crippen MR) is 132 cm³/mol. The van der Waals surface area contributed by atoms with Crippen LogP contribution in [0.2, 0.25) is 0 Å². The number of carboxylic acids is 1. The maximum Gasteiger partial charge on any atom is 0.303 e. The van der Waals surface area contributed by atoms with E-state index in [2.05, 4.69) is 91.0 Å². The van der Waals surface area contributed by atoms with E-state index in [-0.39, 0.29) is 4.75 Å². The van der Waals surface area contributed by atoms with Crippen molar-refractivity contribution >= 4 is 17.7 Å². The summed E-state index contributed by atoms with van der Waals surface area (Å²) in [4.78, 5) is 10.6. The van der Waals surface area contributed by atoms with Crippen LogP contribution in [-0.4, -0.2) is 16.8 Å². The lowest BCUT2D eigenvalue weighted by Crippen LogP contribution is -2.26. The summed E-state index contributed by atoms with van der Waals surface area (Å²) in [6.45, 7) is 0. The molecule has 3 heteroatoms. The van der Waals surface area contributed by atoms with Crippen molar-refractivity contribution in [1.82, 2.24) is 0 Å². The Labute approximate surface area is 190 Å². The van der Waals surface area contributed by atoms with Crippen LogP contribution in [0.25, 0.3) is 0 Å². The Morgan fingerprint density at radius 1 is 0.613 bits per heavy atom. The van der Waals surface area contributed by atoms with Crippen LogP contribution in [0.15, 0.2) is 91.0 Å². The van der Waals surface area contributed by atoms with Crippen LogP contribution in [0.1, 0.15) is 61.6 Å². The fourth-order valence-corrected chi connectivity index (χ4v) is 5.64. The zero-order chi connectivity index (χ0) is 21.8. The monoisotopic (exact) mass is 432 g/mol. The molecule has 0 saturated heterocycles. The van der Waals surface area contributed by atoms with E-state index in [1.54, 1.807) is 0 Å². The zero-order valence-electron chi connectivity index (χ0n) is 18.1. The van der Waals surface area contributed by atoms with Gasteiger partial charge in [0.2, 0.25) is 0 Å². The molecule has 0 fully saturated rings. The summed E-state index contributed by atoms with van der Waals surface area (Å²) in [5.74, 6) is 0.392. The molecule has 3 rings (SSSR count). The van der Waals surface area contributed by atoms with Crippen molar-refractivity contribution in [3.8, 4) is 0 Å². The van der Waals surface area contributed by atoms with Gasteiger partial charge in [0.25, 0.3) is 0 Å². The van der Waals surface area contributed by atoms with Crippen molar-refractivity contribution in [2.75, 3.05) is 5.75 Å². The molecule has 0 aromatic heterocycles. The van der Waals surface area contributed by atoms with Gasteiger partial charge in [-0.25, -0.2) is 0 Å². The molecule has 0 unspecified atom stereocenters. The van der Waals surface area contributed by atoms with Gasteiger partial charge in [0.1, 0.15) is 0 Å². The van der Waals surface area contributed by atoms with Crippen molar-refractivity contribution < 1.29 is 9.90 Å². The molecule has 31 heavy (non-hydrogen) atoms. The molecular formula is C28H32O2S. The number of carboxylic acid groups (broad SMARTS) is 1. The number of carbonyl (C=O) groups is 1. The minimum absolute atomic E-state index is 0.231. The van der Waals surface area contributed by atoms with Crippen LogP contribution < -0.4 is 0 Å². The van der Waals surface area contributed by atoms with E-state index in [0.717, 1.165) is 31.4 Å². The lowest BCUT2D eigenvalue weighted by Gasteiger charge is -2.35. The first-order valence-corrected chi connectivity index (χ1v) is 12.2. The molecule has 0 saturated carbocycles. The Bertz CT molecular complexity index is 797. The third-order valence-corrected chi connectivity index (χ3v) is 7.28. The highest BCUT2D eigenvalue weighted by atomic mass is 32.2. The van der Waals surface area contributed by atoms with Crippen molar-refractivity contribution in [2.24, 2.45) is 0 Å². The van der Waals surface area contributed by atoms with Crippen molar-refractivity contribution in [3.05, 3.63) is 108 Å². The summed E-state index contributed by atoms with van der Waals surface area (Å²) in [6, 6.07) is 32.5. The molecular weight excluding hydrogens is 400 g/mol. The lowest BCUT2D eigenvalue weighted by atomic mass is 9.84. The maximum atomic E-state index is 10.6. The second-order valence-electron chi connectivity index (χ2n) is 7.89. The number of rotatable bonds is 13. The minimum atomic E-state index is -0.685. The van der Waals surface area contributed by atoms with Gasteiger partial charge in [-0.1, -0.05) is 117 Å². The quantitative estimate of drug-likeness (QED) is 0.224. The van der Waals surface area contributed by atoms with E-state index < -0.39 is 5.97 Å². The fraction of sp³-hybridized carbons (Fsp3) is 0.321. The Kier molecular flexibility index (Phi) is 9.23. The molecule has 0 aliphatic rings. The maximum absolute atomic E-state index is 10.6. The molecule has 0 heterocycles. The highest BCUT2D eigenvalue weighted by Crippen LogP contribution is 2.48. The average Bonchev–Trinajstić information content (AvgIpc) is 2.82. The number of hydrogen-bond donors (Lipinski definition) is 1. The topological polar surface area (TPSA) is 37.3 Å². The van der Waals surface area contributed by atoms with Gasteiger partial charge in [0.05, 0.1) is 4.75 Å². The second-order valence-corrected chi connectivity index (χ2v) is 9.20. The molecule has 3 aromatic rings. The highest BCUT2D eigenvalue weighted by molar-refractivity contribution is 8.00. The van der Waals surface area contributed by atoms with Gasteiger partial charge < -0.3 is 5.11 Å². The fourth-order valence-electron chi connectivity index (χ4n) is 4.08. The van der Waals surface area contributed by atoms with Crippen LogP contribution >= 0.6 is 11.8 Å². The molecule has 162 valence electrons. The third kappa shape index (κ3) is 6.48. The molecule has 0 amide bonds. The van der Waals surface area contributed by atoms with Crippen LogP contribution in [0, 0.1) is 0 Å². The number of benzene rings is 3. The smallest absolute Gasteiger partial charge is 0.303 e. The highest BCUT2D eigenvalue weighted by Gasteiger charge is 2.36. The van der Waals surface area contributed by atoms with E-state index in [9.17, 15) is 4.79 Å². The van der Waals surface area contributed by atoms with E-state index in [4.69, 9.17) is 5.11 Å². The third-order valence-electron chi connectivity index (χ3n) is 5.64. The van der Waals surface area contributed by atoms with Gasteiger partial charge in [0, 0.05) is 6.42 Å². The Morgan fingerprint density at radius 2 is 1.00 bits per heavy atom. The lowest BCUT2D eigenvalue weighted by molar-refractivity contribution is -0.137. The minimum Gasteiger partial charge on any atom is -0.481 e. The molecule has 0 radical (unpaired) electrons. The standard InChI is InChI=1S/C28H32O2S/c29-27(30)22-14-3-1-2-4-15-23-31-28(24-16-8-5-9-17-24,25-18-10-6-11-19-25)26-20-12-7-13-21-26/h5-13,16-21H,1-4,14-15,22-23H2,(H,29,30). The molecule has 2 nitrogen and oxygen atoms in total. The van der Waals surface area contributed by atoms with Crippen LogP contribution in [0.3, 0.4) is 0 Å². The van der Waals surface area contributed by atoms with Crippen molar-refractivity contribution in [1.29, 1.82) is 0 Å². The Balaban J connectivity index is 1.72. The summed E-state index contributed by atoms with van der Waals surface area (Å²) in [5, 5.41) is 8.74. The number of aliphatic carboxylic acids is 1. The molecule has 0 atom stereocenters. The van der Waals surface area contributed by atoms with E-state index >= 15 is 0 Å². The van der Waals surface area contributed by atoms with Gasteiger partial charge in [-0.15, -0.1) is 11.8 Å². The van der Waals surface area contributed by atoms with Crippen LogP contribution in [0.4, 0.5) is 0 Å². The first kappa shape index (κ1) is 23.1. The normalized spacial score (nSPS) is 11.4. The summed E-state index contributed by atoms with van der Waals surface area (Å²) >= 11 is 2.02. The van der Waals surface area contributed by atoms with Gasteiger partial charge >= 0.3 is 5.97 Å². The zero-order valence-corrected chi connectivity index (χ0v) is 18.9. The Hall–Kier alpha value is -2.52. The second kappa shape index (κ2) is 12.4. The largest absolute Gasteiger partial charge is 0.481 e. The number of hydrogen-bond acceptors (Lipinski definition) is 2. The molecule has 0 spiro atoms. The predicted octanol–water partition coefficient (Wildman–Crippen LogP) is 7.53. The summed E-state index contributed by atoms with van der Waals surface area (Å²) in [7, 11) is 0. The van der Waals surface area contributed by atoms with Crippen LogP contribution in [0.5, 0.6) is 0 Å². The molecule has 1 N–H and O–H groups in total. The van der Waals surface area contributed by atoms with E-state index in [1.807, 2.05) is 11.8 Å². The number of unbranched alkanes of at least 4 members (excludes halogenated alkanes) is 5. The van der Waals surface area contributed by atoms with Gasteiger partial charge in [-0.2, -0.15) is 0 Å². The molecule has 0 aliphatic heterocycles. The first-order chi connectivity index (χ1) is 15.2. The van der Waals surface area contributed by atoms with Crippen molar-refractivity contribution in [3.63, 3.8) is 0 Å². The summed E-state index contributed by atoms with van der Waals surface area (Å²) < 4.78 is -0.231. The summed E-state index contributed by atoms with van der Waals surface area (Å²) in [5.41, 5.74) is 3.93. The van der Waals surface area contributed by atoms with Gasteiger partial charge in [0.15, 0.2) is 0 Å².